The lowest BCUT2D eigenvalue weighted by Crippen LogP contribution is -2.40. The second-order valence-corrected chi connectivity index (χ2v) is 4.88. The predicted octanol–water partition coefficient (Wildman–Crippen LogP) is 2.37. The Bertz CT molecular complexity index is 147. The van der Waals surface area contributed by atoms with Gasteiger partial charge in [-0.05, 0) is 25.8 Å². The first kappa shape index (κ1) is 13.9. The highest BCUT2D eigenvalue weighted by molar-refractivity contribution is 4.72. The molecule has 0 fully saturated rings. The second kappa shape index (κ2) is 6.41. The topological polar surface area (TPSA) is 23.5 Å². The van der Waals surface area contributed by atoms with E-state index in [2.05, 4.69) is 46.6 Å². The zero-order valence-electron chi connectivity index (χ0n) is 10.6. The van der Waals surface area contributed by atoms with E-state index in [1.807, 2.05) is 0 Å². The minimum atomic E-state index is -0.189. The van der Waals surface area contributed by atoms with Gasteiger partial charge in [0, 0.05) is 12.6 Å². The van der Waals surface area contributed by atoms with Gasteiger partial charge in [-0.25, -0.2) is 0 Å². The zero-order chi connectivity index (χ0) is 11.3. The van der Waals surface area contributed by atoms with Crippen molar-refractivity contribution in [3.63, 3.8) is 0 Å². The molecule has 0 aliphatic carbocycles. The number of aliphatic hydroxyl groups excluding tert-OH is 1. The first-order valence-corrected chi connectivity index (χ1v) is 5.78. The van der Waals surface area contributed by atoms with Crippen LogP contribution in [0.5, 0.6) is 0 Å². The lowest BCUT2D eigenvalue weighted by molar-refractivity contribution is 0.0575. The Hall–Kier alpha value is -0.0800. The summed E-state index contributed by atoms with van der Waals surface area (Å²) in [4.78, 5) is 2.25. The fourth-order valence-electron chi connectivity index (χ4n) is 1.42. The number of aliphatic hydroxyl groups is 1. The predicted molar refractivity (Wildman–Crippen MR) is 62.4 cm³/mol. The highest BCUT2D eigenvalue weighted by Gasteiger charge is 2.19. The van der Waals surface area contributed by atoms with E-state index in [4.69, 9.17) is 0 Å². The van der Waals surface area contributed by atoms with Crippen molar-refractivity contribution in [3.8, 4) is 0 Å². The maximum atomic E-state index is 9.88. The zero-order valence-corrected chi connectivity index (χ0v) is 10.6. The molecule has 0 amide bonds. The summed E-state index contributed by atoms with van der Waals surface area (Å²) < 4.78 is 0. The van der Waals surface area contributed by atoms with Crippen LogP contribution in [0.2, 0.25) is 0 Å². The molecule has 0 spiro atoms. The quantitative estimate of drug-likeness (QED) is 0.713. The molecule has 3 atom stereocenters. The lowest BCUT2D eigenvalue weighted by atomic mass is 9.99. The molecule has 0 aromatic heterocycles. The first-order chi connectivity index (χ1) is 6.40. The van der Waals surface area contributed by atoms with Gasteiger partial charge in [0.05, 0.1) is 6.10 Å². The van der Waals surface area contributed by atoms with Crippen LogP contribution in [-0.4, -0.2) is 35.7 Å². The van der Waals surface area contributed by atoms with Gasteiger partial charge in [0.15, 0.2) is 0 Å². The van der Waals surface area contributed by atoms with E-state index in [1.54, 1.807) is 0 Å². The minimum Gasteiger partial charge on any atom is -0.392 e. The molecule has 0 radical (unpaired) electrons. The van der Waals surface area contributed by atoms with Gasteiger partial charge >= 0.3 is 0 Å². The molecule has 0 aliphatic heterocycles. The van der Waals surface area contributed by atoms with Gasteiger partial charge in [-0.15, -0.1) is 0 Å². The summed E-state index contributed by atoms with van der Waals surface area (Å²) in [5.41, 5.74) is 0. The molecule has 0 rings (SSSR count). The summed E-state index contributed by atoms with van der Waals surface area (Å²) in [5.74, 6) is 1.04. The standard InChI is InChI=1S/C12H27NO/c1-7-10(4)12(14)8-13(6)11(5)9(2)3/h9-12,14H,7-8H2,1-6H3. The average molecular weight is 201 g/mol. The molecule has 86 valence electrons. The van der Waals surface area contributed by atoms with Crippen molar-refractivity contribution >= 4 is 0 Å². The Morgan fingerprint density at radius 1 is 1.14 bits per heavy atom. The van der Waals surface area contributed by atoms with Crippen molar-refractivity contribution in [2.24, 2.45) is 11.8 Å². The van der Waals surface area contributed by atoms with Crippen molar-refractivity contribution in [1.29, 1.82) is 0 Å². The molecule has 0 saturated heterocycles. The maximum Gasteiger partial charge on any atom is 0.0692 e. The number of likely N-dealkylation sites (N-methyl/N-ethyl adjacent to an activating group) is 1. The summed E-state index contributed by atoms with van der Waals surface area (Å²) in [6.07, 6.45) is 0.858. The van der Waals surface area contributed by atoms with E-state index in [1.165, 1.54) is 0 Å². The van der Waals surface area contributed by atoms with Crippen LogP contribution in [0.1, 0.15) is 41.0 Å². The third-order valence-electron chi connectivity index (χ3n) is 3.44. The average Bonchev–Trinajstić information content (AvgIpc) is 2.14. The van der Waals surface area contributed by atoms with Crippen molar-refractivity contribution in [1.82, 2.24) is 4.90 Å². The van der Waals surface area contributed by atoms with Gasteiger partial charge in [0.2, 0.25) is 0 Å². The molecule has 14 heavy (non-hydrogen) atoms. The van der Waals surface area contributed by atoms with Crippen molar-refractivity contribution in [2.45, 2.75) is 53.2 Å². The van der Waals surface area contributed by atoms with E-state index in [0.29, 0.717) is 17.9 Å². The van der Waals surface area contributed by atoms with E-state index in [9.17, 15) is 5.11 Å². The summed E-state index contributed by atoms with van der Waals surface area (Å²) >= 11 is 0. The molecule has 2 nitrogen and oxygen atoms in total. The highest BCUT2D eigenvalue weighted by Crippen LogP contribution is 2.13. The highest BCUT2D eigenvalue weighted by atomic mass is 16.3. The van der Waals surface area contributed by atoms with E-state index in [-0.39, 0.29) is 6.10 Å². The monoisotopic (exact) mass is 201 g/mol. The Kier molecular flexibility index (Phi) is 6.38. The smallest absolute Gasteiger partial charge is 0.0692 e. The van der Waals surface area contributed by atoms with Crippen LogP contribution in [0, 0.1) is 11.8 Å². The van der Waals surface area contributed by atoms with Gasteiger partial charge in [0.1, 0.15) is 0 Å². The van der Waals surface area contributed by atoms with Gasteiger partial charge in [0.25, 0.3) is 0 Å². The van der Waals surface area contributed by atoms with Crippen LogP contribution in [0.25, 0.3) is 0 Å². The Labute approximate surface area is 89.3 Å². The van der Waals surface area contributed by atoms with Crippen LogP contribution in [0.4, 0.5) is 0 Å². The minimum absolute atomic E-state index is 0.189. The summed E-state index contributed by atoms with van der Waals surface area (Å²) in [7, 11) is 2.09. The SMILES string of the molecule is CCC(C)C(O)CN(C)C(C)C(C)C. The fraction of sp³-hybridized carbons (Fsp3) is 1.00. The van der Waals surface area contributed by atoms with E-state index < -0.39 is 0 Å². The van der Waals surface area contributed by atoms with E-state index >= 15 is 0 Å². The number of hydrogen-bond acceptors (Lipinski definition) is 2. The van der Waals surface area contributed by atoms with Crippen LogP contribution < -0.4 is 0 Å². The van der Waals surface area contributed by atoms with Crippen molar-refractivity contribution < 1.29 is 5.11 Å². The Morgan fingerprint density at radius 2 is 1.64 bits per heavy atom. The van der Waals surface area contributed by atoms with Crippen LogP contribution >= 0.6 is 0 Å². The summed E-state index contributed by atoms with van der Waals surface area (Å²) in [6.45, 7) is 11.7. The lowest BCUT2D eigenvalue weighted by Gasteiger charge is -2.31. The van der Waals surface area contributed by atoms with E-state index in [0.717, 1.165) is 13.0 Å². The van der Waals surface area contributed by atoms with Crippen molar-refractivity contribution in [3.05, 3.63) is 0 Å². The third-order valence-corrected chi connectivity index (χ3v) is 3.44. The number of nitrogens with zero attached hydrogens (tertiary/aromatic N) is 1. The molecule has 3 unspecified atom stereocenters. The first-order valence-electron chi connectivity index (χ1n) is 5.78. The normalized spacial score (nSPS) is 18.6. The van der Waals surface area contributed by atoms with Crippen LogP contribution in [-0.2, 0) is 0 Å². The van der Waals surface area contributed by atoms with Gasteiger partial charge in [-0.3, -0.25) is 0 Å². The summed E-state index contributed by atoms with van der Waals surface area (Å²) in [6, 6.07) is 0.536. The maximum absolute atomic E-state index is 9.88. The van der Waals surface area contributed by atoms with Gasteiger partial charge < -0.3 is 10.0 Å². The second-order valence-electron chi connectivity index (χ2n) is 4.88. The molecule has 0 bridgehead atoms. The fourth-order valence-corrected chi connectivity index (χ4v) is 1.42. The third kappa shape index (κ3) is 4.43. The largest absolute Gasteiger partial charge is 0.392 e. The molecular formula is C12H27NO. The molecule has 1 N–H and O–H groups in total. The number of hydrogen-bond donors (Lipinski definition) is 1. The van der Waals surface area contributed by atoms with Crippen LogP contribution in [0.3, 0.4) is 0 Å². The Balaban J connectivity index is 3.98. The Morgan fingerprint density at radius 3 is 2.00 bits per heavy atom. The van der Waals surface area contributed by atoms with Crippen LogP contribution in [0.15, 0.2) is 0 Å². The molecule has 2 heteroatoms. The molecule has 0 saturated carbocycles. The molecule has 0 aliphatic rings. The van der Waals surface area contributed by atoms with Crippen molar-refractivity contribution in [2.75, 3.05) is 13.6 Å². The van der Waals surface area contributed by atoms with Gasteiger partial charge in [-0.2, -0.15) is 0 Å². The summed E-state index contributed by atoms with van der Waals surface area (Å²) in [5, 5.41) is 9.88. The molecule has 0 aromatic carbocycles. The molecule has 0 aromatic rings. The molecular weight excluding hydrogens is 174 g/mol. The number of rotatable bonds is 6. The molecule has 0 heterocycles. The van der Waals surface area contributed by atoms with Gasteiger partial charge in [-0.1, -0.05) is 34.1 Å².